The number of carbonyl (C=O) groups is 1. The lowest BCUT2D eigenvalue weighted by molar-refractivity contribution is 0.0506. The fourth-order valence-corrected chi connectivity index (χ4v) is 1.70. The summed E-state index contributed by atoms with van der Waals surface area (Å²) in [6, 6.07) is 1.73. The van der Waals surface area contributed by atoms with Gasteiger partial charge in [0.2, 0.25) is 5.82 Å². The lowest BCUT2D eigenvalue weighted by atomic mass is 10.3. The molecule has 2 rings (SSSR count). The summed E-state index contributed by atoms with van der Waals surface area (Å²) in [5.41, 5.74) is 0.631. The summed E-state index contributed by atoms with van der Waals surface area (Å²) in [6.45, 7) is 4.70. The van der Waals surface area contributed by atoms with E-state index in [1.54, 1.807) is 23.8 Å². The second-order valence-corrected chi connectivity index (χ2v) is 3.81. The Morgan fingerprint density at radius 1 is 1.37 bits per heavy atom. The van der Waals surface area contributed by atoms with Crippen molar-refractivity contribution in [1.29, 1.82) is 0 Å². The highest BCUT2D eigenvalue weighted by molar-refractivity contribution is 5.86. The van der Waals surface area contributed by atoms with Crippen LogP contribution in [0, 0.1) is 0 Å². The number of ether oxygens (including phenoxy) is 1. The molecule has 0 spiro atoms. The molecule has 100 valence electrons. The van der Waals surface area contributed by atoms with Gasteiger partial charge in [-0.15, -0.1) is 10.2 Å². The average Bonchev–Trinajstić information content (AvgIpc) is 2.84. The van der Waals surface area contributed by atoms with Gasteiger partial charge in [-0.2, -0.15) is 0 Å². The highest BCUT2D eigenvalue weighted by Crippen LogP contribution is 2.16. The number of hydrogen-bond acceptors (Lipinski definition) is 6. The van der Waals surface area contributed by atoms with E-state index in [1.807, 2.05) is 6.92 Å². The van der Waals surface area contributed by atoms with Gasteiger partial charge in [-0.05, 0) is 19.4 Å². The minimum absolute atomic E-state index is 0.206. The van der Waals surface area contributed by atoms with Crippen molar-refractivity contribution in [3.8, 4) is 11.5 Å². The third-order valence-corrected chi connectivity index (χ3v) is 2.47. The first-order valence-electron chi connectivity index (χ1n) is 6.14. The average molecular weight is 261 g/mol. The second-order valence-electron chi connectivity index (χ2n) is 3.81. The van der Waals surface area contributed by atoms with E-state index in [0.717, 1.165) is 6.42 Å². The van der Waals surface area contributed by atoms with E-state index in [1.165, 1.54) is 6.33 Å². The Morgan fingerprint density at radius 2 is 2.21 bits per heavy atom. The van der Waals surface area contributed by atoms with Crippen LogP contribution in [-0.4, -0.2) is 37.3 Å². The Morgan fingerprint density at radius 3 is 2.84 bits per heavy atom. The van der Waals surface area contributed by atoms with Crippen molar-refractivity contribution in [3.63, 3.8) is 0 Å². The first kappa shape index (κ1) is 13.1. The minimum atomic E-state index is -0.469. The summed E-state index contributed by atoms with van der Waals surface area (Å²) in [5.74, 6) is 0.286. The van der Waals surface area contributed by atoms with E-state index in [2.05, 4.69) is 20.2 Å². The van der Waals surface area contributed by atoms with Gasteiger partial charge in [0.25, 0.3) is 0 Å². The smallest absolute Gasteiger partial charge is 0.376 e. The van der Waals surface area contributed by atoms with Crippen LogP contribution in [0.3, 0.4) is 0 Å². The van der Waals surface area contributed by atoms with Crippen LogP contribution in [0.1, 0.15) is 30.9 Å². The summed E-state index contributed by atoms with van der Waals surface area (Å²) >= 11 is 0. The molecule has 0 aromatic carbocycles. The van der Waals surface area contributed by atoms with Gasteiger partial charge in [-0.3, -0.25) is 0 Å². The van der Waals surface area contributed by atoms with Crippen LogP contribution in [-0.2, 0) is 11.3 Å². The molecular formula is C12H15N5O2. The fraction of sp³-hybridized carbons (Fsp3) is 0.417. The zero-order valence-corrected chi connectivity index (χ0v) is 10.9. The maximum atomic E-state index is 11.8. The molecule has 0 fully saturated rings. The Hall–Kier alpha value is -2.31. The maximum Gasteiger partial charge on any atom is 0.376 e. The zero-order valence-electron chi connectivity index (χ0n) is 10.9. The molecule has 2 aromatic heterocycles. The molecule has 0 aliphatic heterocycles. The van der Waals surface area contributed by atoms with Crippen molar-refractivity contribution in [3.05, 3.63) is 24.4 Å². The van der Waals surface area contributed by atoms with E-state index < -0.39 is 5.97 Å². The van der Waals surface area contributed by atoms with Crippen LogP contribution in [0.2, 0.25) is 0 Å². The molecule has 0 radical (unpaired) electrons. The summed E-state index contributed by atoms with van der Waals surface area (Å²) in [4.78, 5) is 19.8. The third-order valence-electron chi connectivity index (χ3n) is 2.47. The highest BCUT2D eigenvalue weighted by atomic mass is 16.5. The largest absolute Gasteiger partial charge is 0.460 e. The van der Waals surface area contributed by atoms with Crippen molar-refractivity contribution in [2.45, 2.75) is 26.8 Å². The van der Waals surface area contributed by atoms with Crippen molar-refractivity contribution in [1.82, 2.24) is 24.7 Å². The van der Waals surface area contributed by atoms with Gasteiger partial charge in [-0.25, -0.2) is 14.8 Å². The lowest BCUT2D eigenvalue weighted by Gasteiger charge is -2.07. The first-order chi connectivity index (χ1) is 9.27. The lowest BCUT2D eigenvalue weighted by Crippen LogP contribution is -2.14. The van der Waals surface area contributed by atoms with Gasteiger partial charge in [0.1, 0.15) is 12.0 Å². The van der Waals surface area contributed by atoms with Crippen LogP contribution in [0.5, 0.6) is 0 Å². The minimum Gasteiger partial charge on any atom is -0.460 e. The van der Waals surface area contributed by atoms with Crippen molar-refractivity contribution in [2.24, 2.45) is 0 Å². The molecule has 0 aliphatic rings. The number of rotatable bonds is 5. The molecule has 19 heavy (non-hydrogen) atoms. The van der Waals surface area contributed by atoms with E-state index >= 15 is 0 Å². The number of carbonyl (C=O) groups excluding carboxylic acids is 1. The zero-order chi connectivity index (χ0) is 13.7. The van der Waals surface area contributed by atoms with E-state index in [9.17, 15) is 4.79 Å². The Labute approximate surface area is 110 Å². The Balaban J connectivity index is 2.43. The van der Waals surface area contributed by atoms with Gasteiger partial charge in [0.05, 0.1) is 6.61 Å². The molecule has 7 heteroatoms. The van der Waals surface area contributed by atoms with Crippen LogP contribution in [0.15, 0.2) is 18.6 Å². The molecule has 0 saturated carbocycles. The van der Waals surface area contributed by atoms with Crippen LogP contribution in [0.4, 0.5) is 0 Å². The highest BCUT2D eigenvalue weighted by Gasteiger charge is 2.20. The van der Waals surface area contributed by atoms with Gasteiger partial charge < -0.3 is 9.30 Å². The molecule has 0 aliphatic carbocycles. The molecule has 0 unspecified atom stereocenters. The Kier molecular flexibility index (Phi) is 4.17. The molecule has 2 aromatic rings. The molecule has 7 nitrogen and oxygen atoms in total. The molecule has 0 amide bonds. The van der Waals surface area contributed by atoms with Crippen LogP contribution < -0.4 is 0 Å². The maximum absolute atomic E-state index is 11.8. The monoisotopic (exact) mass is 261 g/mol. The van der Waals surface area contributed by atoms with E-state index in [0.29, 0.717) is 24.7 Å². The van der Waals surface area contributed by atoms with Crippen molar-refractivity contribution >= 4 is 5.97 Å². The van der Waals surface area contributed by atoms with Crippen LogP contribution in [0.25, 0.3) is 11.5 Å². The first-order valence-corrected chi connectivity index (χ1v) is 6.14. The predicted octanol–water partition coefficient (Wildman–Crippen LogP) is 1.32. The fourth-order valence-electron chi connectivity index (χ4n) is 1.70. The van der Waals surface area contributed by atoms with Gasteiger partial charge in [0.15, 0.2) is 5.82 Å². The molecule has 0 saturated heterocycles. The summed E-state index contributed by atoms with van der Waals surface area (Å²) in [5, 5.41) is 7.94. The van der Waals surface area contributed by atoms with Crippen LogP contribution >= 0.6 is 0 Å². The Bertz CT molecular complexity index is 553. The van der Waals surface area contributed by atoms with Gasteiger partial charge >= 0.3 is 5.97 Å². The normalized spacial score (nSPS) is 10.4. The SMILES string of the molecule is CCCn1c(C(=O)OCC)nnc1-c1ccncn1. The summed E-state index contributed by atoms with van der Waals surface area (Å²) in [6.07, 6.45) is 3.91. The molecular weight excluding hydrogens is 246 g/mol. The third kappa shape index (κ3) is 2.75. The van der Waals surface area contributed by atoms with E-state index in [4.69, 9.17) is 4.74 Å². The summed E-state index contributed by atoms with van der Waals surface area (Å²) in [7, 11) is 0. The van der Waals surface area contributed by atoms with E-state index in [-0.39, 0.29) is 5.82 Å². The molecule has 2 heterocycles. The predicted molar refractivity (Wildman–Crippen MR) is 67.3 cm³/mol. The molecule has 0 bridgehead atoms. The topological polar surface area (TPSA) is 82.8 Å². The van der Waals surface area contributed by atoms with Crippen molar-refractivity contribution < 1.29 is 9.53 Å². The molecule has 0 N–H and O–H groups in total. The summed E-state index contributed by atoms with van der Waals surface area (Å²) < 4.78 is 6.69. The number of hydrogen-bond donors (Lipinski definition) is 0. The number of aromatic nitrogens is 5. The van der Waals surface area contributed by atoms with Gasteiger partial charge in [-0.1, -0.05) is 6.92 Å². The second kappa shape index (κ2) is 6.03. The number of nitrogens with zero attached hydrogens (tertiary/aromatic N) is 5. The molecule has 0 atom stereocenters. The van der Waals surface area contributed by atoms with Gasteiger partial charge in [0, 0.05) is 12.7 Å². The standard InChI is InChI=1S/C12H15N5O2/c1-3-7-17-10(9-5-6-13-8-14-9)15-16-11(17)12(18)19-4-2/h5-6,8H,3-4,7H2,1-2H3. The number of esters is 1. The van der Waals surface area contributed by atoms with Crippen molar-refractivity contribution in [2.75, 3.05) is 6.61 Å². The quantitative estimate of drug-likeness (QED) is 0.755.